The Morgan fingerprint density at radius 2 is 1.71 bits per heavy atom. The summed E-state index contributed by atoms with van der Waals surface area (Å²) in [6, 6.07) is 0.106. The van der Waals surface area contributed by atoms with Crippen molar-refractivity contribution < 1.29 is 22.4 Å². The van der Waals surface area contributed by atoms with Crippen molar-refractivity contribution in [1.82, 2.24) is 5.32 Å². The molecule has 1 amide bonds. The van der Waals surface area contributed by atoms with Gasteiger partial charge in [0, 0.05) is 12.5 Å². The molecule has 0 spiro atoms. The molecule has 1 aliphatic heterocycles. The molecule has 116 valence electrons. The minimum absolute atomic E-state index is 0.0572. The molecule has 7 heteroatoms. The largest absolute Gasteiger partial charge is 0.321 e. The maximum absolute atomic E-state index is 13.4. The molecular weight excluding hydrogens is 288 g/mol. The molecule has 2 N–H and O–H groups in total. The van der Waals surface area contributed by atoms with Gasteiger partial charge in [0.25, 0.3) is 0 Å². The number of anilines is 1. The SMILES string of the molecule is O=C(CCC1CCNCC1)Nc1c(F)c(F)cc(F)c1F. The second kappa shape index (κ2) is 6.89. The van der Waals surface area contributed by atoms with Gasteiger partial charge in [-0.3, -0.25) is 4.79 Å². The summed E-state index contributed by atoms with van der Waals surface area (Å²) in [4.78, 5) is 11.7. The molecule has 0 aliphatic carbocycles. The highest BCUT2D eigenvalue weighted by molar-refractivity contribution is 5.91. The first-order valence-electron chi connectivity index (χ1n) is 6.82. The lowest BCUT2D eigenvalue weighted by atomic mass is 9.93. The number of nitrogens with one attached hydrogen (secondary N) is 2. The number of piperidine rings is 1. The van der Waals surface area contributed by atoms with Gasteiger partial charge in [-0.05, 0) is 38.3 Å². The normalized spacial score (nSPS) is 16.0. The second-order valence-electron chi connectivity index (χ2n) is 5.12. The average Bonchev–Trinajstić information content (AvgIpc) is 2.48. The highest BCUT2D eigenvalue weighted by Crippen LogP contribution is 2.25. The van der Waals surface area contributed by atoms with Crippen LogP contribution >= 0.6 is 0 Å². The fourth-order valence-electron chi connectivity index (χ4n) is 2.39. The minimum Gasteiger partial charge on any atom is -0.321 e. The maximum atomic E-state index is 13.4. The first-order chi connectivity index (χ1) is 9.99. The van der Waals surface area contributed by atoms with E-state index in [0.29, 0.717) is 12.3 Å². The summed E-state index contributed by atoms with van der Waals surface area (Å²) in [5.41, 5.74) is -1.07. The van der Waals surface area contributed by atoms with E-state index in [1.807, 2.05) is 5.32 Å². The van der Waals surface area contributed by atoms with Gasteiger partial charge in [-0.15, -0.1) is 0 Å². The van der Waals surface area contributed by atoms with Gasteiger partial charge in [-0.25, -0.2) is 17.6 Å². The Balaban J connectivity index is 1.96. The Bertz CT molecular complexity index is 504. The smallest absolute Gasteiger partial charge is 0.224 e. The minimum atomic E-state index is -1.59. The molecule has 21 heavy (non-hydrogen) atoms. The van der Waals surface area contributed by atoms with Crippen molar-refractivity contribution >= 4 is 11.6 Å². The Morgan fingerprint density at radius 3 is 2.29 bits per heavy atom. The summed E-state index contributed by atoms with van der Waals surface area (Å²) in [6.45, 7) is 1.76. The molecule has 0 radical (unpaired) electrons. The van der Waals surface area contributed by atoms with E-state index in [1.54, 1.807) is 0 Å². The van der Waals surface area contributed by atoms with Crippen molar-refractivity contribution in [3.63, 3.8) is 0 Å². The van der Waals surface area contributed by atoms with Crippen LogP contribution in [0.4, 0.5) is 23.2 Å². The summed E-state index contributed by atoms with van der Waals surface area (Å²) >= 11 is 0. The van der Waals surface area contributed by atoms with Crippen molar-refractivity contribution in [1.29, 1.82) is 0 Å². The Kier molecular flexibility index (Phi) is 5.17. The fourth-order valence-corrected chi connectivity index (χ4v) is 2.39. The summed E-state index contributed by atoms with van der Waals surface area (Å²) in [5, 5.41) is 5.10. The van der Waals surface area contributed by atoms with E-state index < -0.39 is 34.9 Å². The van der Waals surface area contributed by atoms with Crippen LogP contribution in [0.2, 0.25) is 0 Å². The van der Waals surface area contributed by atoms with Crippen LogP contribution in [-0.2, 0) is 4.79 Å². The highest BCUT2D eigenvalue weighted by Gasteiger charge is 2.21. The average molecular weight is 304 g/mol. The van der Waals surface area contributed by atoms with Crippen LogP contribution in [0.25, 0.3) is 0 Å². The topological polar surface area (TPSA) is 41.1 Å². The lowest BCUT2D eigenvalue weighted by Gasteiger charge is -2.22. The van der Waals surface area contributed by atoms with E-state index >= 15 is 0 Å². The maximum Gasteiger partial charge on any atom is 0.224 e. The number of rotatable bonds is 4. The van der Waals surface area contributed by atoms with Crippen LogP contribution < -0.4 is 10.6 Å². The molecule has 1 aliphatic rings. The quantitative estimate of drug-likeness (QED) is 0.663. The Hall–Kier alpha value is -1.63. The molecule has 0 bridgehead atoms. The number of carbonyl (C=O) groups excluding carboxylic acids is 1. The molecule has 1 aromatic rings. The summed E-state index contributed by atoms with van der Waals surface area (Å²) in [5.74, 6) is -6.55. The van der Waals surface area contributed by atoms with Crippen molar-refractivity contribution in [3.8, 4) is 0 Å². The highest BCUT2D eigenvalue weighted by atomic mass is 19.2. The third-order valence-electron chi connectivity index (χ3n) is 3.61. The van der Waals surface area contributed by atoms with Crippen molar-refractivity contribution in [2.24, 2.45) is 5.92 Å². The molecule has 1 heterocycles. The third kappa shape index (κ3) is 3.93. The molecule has 0 unspecified atom stereocenters. The molecule has 1 fully saturated rings. The van der Waals surface area contributed by atoms with Gasteiger partial charge < -0.3 is 10.6 Å². The van der Waals surface area contributed by atoms with Gasteiger partial charge >= 0.3 is 0 Å². The van der Waals surface area contributed by atoms with Gasteiger partial charge in [0.1, 0.15) is 5.69 Å². The van der Waals surface area contributed by atoms with Gasteiger partial charge in [0.15, 0.2) is 23.3 Å². The van der Waals surface area contributed by atoms with Crippen LogP contribution in [-0.4, -0.2) is 19.0 Å². The summed E-state index contributed by atoms with van der Waals surface area (Å²) in [7, 11) is 0. The second-order valence-corrected chi connectivity index (χ2v) is 5.12. The van der Waals surface area contributed by atoms with Crippen LogP contribution in [0, 0.1) is 29.2 Å². The van der Waals surface area contributed by atoms with Gasteiger partial charge in [-0.2, -0.15) is 0 Å². The monoisotopic (exact) mass is 304 g/mol. The Morgan fingerprint density at radius 1 is 1.14 bits per heavy atom. The van der Waals surface area contributed by atoms with Crippen LogP contribution in [0.1, 0.15) is 25.7 Å². The zero-order valence-electron chi connectivity index (χ0n) is 11.3. The molecule has 0 aromatic heterocycles. The standard InChI is InChI=1S/C14H16F4N2O/c15-9-7-10(16)13(18)14(12(9)17)20-11(21)2-1-8-3-5-19-6-4-8/h7-8,19H,1-6H2,(H,20,21). The fraction of sp³-hybridized carbons (Fsp3) is 0.500. The number of halogens is 4. The van der Waals surface area contributed by atoms with E-state index in [-0.39, 0.29) is 12.5 Å². The van der Waals surface area contributed by atoms with Gasteiger partial charge in [0.05, 0.1) is 0 Å². The third-order valence-corrected chi connectivity index (χ3v) is 3.61. The molecule has 1 aromatic carbocycles. The molecule has 1 saturated heterocycles. The number of hydrogen-bond donors (Lipinski definition) is 2. The Labute approximate surface area is 119 Å². The summed E-state index contributed by atoms with van der Waals surface area (Å²) < 4.78 is 52.8. The molecule has 3 nitrogen and oxygen atoms in total. The molecule has 2 rings (SSSR count). The zero-order chi connectivity index (χ0) is 15.4. The van der Waals surface area contributed by atoms with Gasteiger partial charge in [-0.1, -0.05) is 0 Å². The van der Waals surface area contributed by atoms with Crippen LogP contribution in [0.5, 0.6) is 0 Å². The number of benzene rings is 1. The van der Waals surface area contributed by atoms with E-state index in [4.69, 9.17) is 0 Å². The predicted molar refractivity (Wildman–Crippen MR) is 69.7 cm³/mol. The van der Waals surface area contributed by atoms with E-state index in [2.05, 4.69) is 5.32 Å². The van der Waals surface area contributed by atoms with Crippen LogP contribution in [0.3, 0.4) is 0 Å². The van der Waals surface area contributed by atoms with E-state index in [9.17, 15) is 22.4 Å². The molecule has 0 saturated carbocycles. The number of amides is 1. The lowest BCUT2D eigenvalue weighted by molar-refractivity contribution is -0.116. The molecular formula is C14H16F4N2O. The lowest BCUT2D eigenvalue weighted by Crippen LogP contribution is -2.28. The number of carbonyl (C=O) groups is 1. The number of hydrogen-bond acceptors (Lipinski definition) is 2. The summed E-state index contributed by atoms with van der Waals surface area (Å²) in [6.07, 6.45) is 2.51. The van der Waals surface area contributed by atoms with Gasteiger partial charge in [0.2, 0.25) is 5.91 Å². The van der Waals surface area contributed by atoms with E-state index in [1.165, 1.54) is 0 Å². The zero-order valence-corrected chi connectivity index (χ0v) is 11.3. The van der Waals surface area contributed by atoms with Crippen molar-refractivity contribution in [2.75, 3.05) is 18.4 Å². The molecule has 0 atom stereocenters. The van der Waals surface area contributed by atoms with E-state index in [0.717, 1.165) is 25.9 Å². The van der Waals surface area contributed by atoms with Crippen molar-refractivity contribution in [3.05, 3.63) is 29.3 Å². The predicted octanol–water partition coefficient (Wildman–Crippen LogP) is 2.96. The first-order valence-corrected chi connectivity index (χ1v) is 6.82. The van der Waals surface area contributed by atoms with Crippen LogP contribution in [0.15, 0.2) is 6.07 Å². The first kappa shape index (κ1) is 15.8. The van der Waals surface area contributed by atoms with Crippen molar-refractivity contribution in [2.45, 2.75) is 25.7 Å².